The Labute approximate surface area is 113 Å². The average molecular weight is 253 g/mol. The summed E-state index contributed by atoms with van der Waals surface area (Å²) in [5.74, 6) is 0. The van der Waals surface area contributed by atoms with Gasteiger partial charge in [-0.1, -0.05) is 31.0 Å². The molecular formula is C16H19N3. The third kappa shape index (κ3) is 2.36. The maximum Gasteiger partial charge on any atom is 0.125 e. The van der Waals surface area contributed by atoms with E-state index in [0.29, 0.717) is 0 Å². The first-order chi connectivity index (χ1) is 9.40. The normalized spacial score (nSPS) is 18.9. The smallest absolute Gasteiger partial charge is 0.125 e. The molecule has 0 spiro atoms. The van der Waals surface area contributed by atoms with Gasteiger partial charge in [-0.3, -0.25) is 4.90 Å². The second-order valence-corrected chi connectivity index (χ2v) is 5.27. The van der Waals surface area contributed by atoms with Crippen LogP contribution in [0.1, 0.15) is 37.3 Å². The molecule has 1 fully saturated rings. The topological polar surface area (TPSA) is 42.8 Å². The van der Waals surface area contributed by atoms with Crippen LogP contribution >= 0.6 is 0 Å². The molecule has 3 heteroatoms. The molecule has 1 atom stereocenters. The first-order valence-electron chi connectivity index (χ1n) is 7.10. The van der Waals surface area contributed by atoms with E-state index in [9.17, 15) is 5.26 Å². The van der Waals surface area contributed by atoms with Crippen molar-refractivity contribution in [1.29, 1.82) is 5.26 Å². The number of fused-ring (bicyclic) bond motifs is 1. The molecule has 3 rings (SSSR count). The van der Waals surface area contributed by atoms with Crippen LogP contribution < -0.4 is 0 Å². The van der Waals surface area contributed by atoms with Crippen molar-refractivity contribution in [3.05, 3.63) is 36.0 Å². The SMILES string of the molecule is N#CC(c1c[nH]c2ccccc12)N1CCCCCC1. The molecule has 1 aliphatic heterocycles. The molecule has 2 aromatic rings. The number of rotatable bonds is 2. The van der Waals surface area contributed by atoms with E-state index in [1.165, 1.54) is 31.1 Å². The molecule has 1 aliphatic rings. The van der Waals surface area contributed by atoms with Gasteiger partial charge in [-0.2, -0.15) is 5.26 Å². The van der Waals surface area contributed by atoms with E-state index in [2.05, 4.69) is 28.1 Å². The molecule has 1 aromatic carbocycles. The molecule has 1 unspecified atom stereocenters. The van der Waals surface area contributed by atoms with E-state index < -0.39 is 0 Å². The largest absolute Gasteiger partial charge is 0.361 e. The Bertz CT molecular complexity index is 585. The van der Waals surface area contributed by atoms with Gasteiger partial charge >= 0.3 is 0 Å². The van der Waals surface area contributed by atoms with E-state index in [1.807, 2.05) is 18.3 Å². The van der Waals surface area contributed by atoms with Crippen molar-refractivity contribution < 1.29 is 0 Å². The molecule has 1 saturated heterocycles. The number of benzene rings is 1. The highest BCUT2D eigenvalue weighted by molar-refractivity contribution is 5.83. The fraction of sp³-hybridized carbons (Fsp3) is 0.438. The zero-order valence-corrected chi connectivity index (χ0v) is 11.1. The van der Waals surface area contributed by atoms with Crippen LogP contribution in [0.25, 0.3) is 10.9 Å². The van der Waals surface area contributed by atoms with E-state index in [0.717, 1.165) is 24.2 Å². The number of nitrogens with zero attached hydrogens (tertiary/aromatic N) is 2. The van der Waals surface area contributed by atoms with Crippen LogP contribution in [-0.2, 0) is 0 Å². The summed E-state index contributed by atoms with van der Waals surface area (Å²) < 4.78 is 0. The van der Waals surface area contributed by atoms with E-state index in [1.54, 1.807) is 0 Å². The highest BCUT2D eigenvalue weighted by Crippen LogP contribution is 2.29. The van der Waals surface area contributed by atoms with Crippen molar-refractivity contribution in [2.24, 2.45) is 0 Å². The monoisotopic (exact) mass is 253 g/mol. The van der Waals surface area contributed by atoms with E-state index in [-0.39, 0.29) is 6.04 Å². The van der Waals surface area contributed by atoms with Crippen LogP contribution in [0.2, 0.25) is 0 Å². The molecule has 1 aromatic heterocycles. The maximum atomic E-state index is 9.60. The van der Waals surface area contributed by atoms with Crippen molar-refractivity contribution in [2.75, 3.05) is 13.1 Å². The Kier molecular flexibility index (Phi) is 3.52. The summed E-state index contributed by atoms with van der Waals surface area (Å²) in [7, 11) is 0. The summed E-state index contributed by atoms with van der Waals surface area (Å²) in [5.41, 5.74) is 2.24. The minimum atomic E-state index is -0.116. The Hall–Kier alpha value is -1.79. The number of aromatic amines is 1. The van der Waals surface area contributed by atoms with Gasteiger partial charge in [0.05, 0.1) is 6.07 Å². The van der Waals surface area contributed by atoms with Crippen molar-refractivity contribution in [2.45, 2.75) is 31.7 Å². The predicted molar refractivity (Wildman–Crippen MR) is 76.7 cm³/mol. The number of para-hydroxylation sites is 1. The summed E-state index contributed by atoms with van der Waals surface area (Å²) in [4.78, 5) is 5.62. The first-order valence-corrected chi connectivity index (χ1v) is 7.10. The molecule has 2 heterocycles. The van der Waals surface area contributed by atoms with Gasteiger partial charge in [-0.25, -0.2) is 0 Å². The number of nitriles is 1. The van der Waals surface area contributed by atoms with Gasteiger partial charge in [-0.05, 0) is 32.0 Å². The van der Waals surface area contributed by atoms with Gasteiger partial charge in [-0.15, -0.1) is 0 Å². The molecule has 19 heavy (non-hydrogen) atoms. The van der Waals surface area contributed by atoms with Crippen molar-refractivity contribution >= 4 is 10.9 Å². The van der Waals surface area contributed by atoms with Crippen LogP contribution in [0.4, 0.5) is 0 Å². The Morgan fingerprint density at radius 3 is 2.58 bits per heavy atom. The van der Waals surface area contributed by atoms with Crippen LogP contribution in [-0.4, -0.2) is 23.0 Å². The van der Waals surface area contributed by atoms with E-state index >= 15 is 0 Å². The minimum absolute atomic E-state index is 0.116. The Morgan fingerprint density at radius 2 is 1.84 bits per heavy atom. The van der Waals surface area contributed by atoms with E-state index in [4.69, 9.17) is 0 Å². The lowest BCUT2D eigenvalue weighted by Gasteiger charge is -2.25. The number of likely N-dealkylation sites (tertiary alicyclic amines) is 1. The zero-order valence-electron chi connectivity index (χ0n) is 11.1. The minimum Gasteiger partial charge on any atom is -0.361 e. The van der Waals surface area contributed by atoms with Crippen molar-refractivity contribution in [3.8, 4) is 6.07 Å². The molecule has 1 N–H and O–H groups in total. The summed E-state index contributed by atoms with van der Waals surface area (Å²) in [5, 5.41) is 10.8. The van der Waals surface area contributed by atoms with Crippen molar-refractivity contribution in [3.63, 3.8) is 0 Å². The predicted octanol–water partition coefficient (Wildman–Crippen LogP) is 3.61. The summed E-state index contributed by atoms with van der Waals surface area (Å²) >= 11 is 0. The van der Waals surface area contributed by atoms with Crippen LogP contribution in [0, 0.1) is 11.3 Å². The molecule has 0 radical (unpaired) electrons. The number of hydrogen-bond acceptors (Lipinski definition) is 2. The van der Waals surface area contributed by atoms with Gasteiger partial charge in [0.15, 0.2) is 0 Å². The van der Waals surface area contributed by atoms with Crippen LogP contribution in [0.5, 0.6) is 0 Å². The average Bonchev–Trinajstić information content (AvgIpc) is 2.69. The summed E-state index contributed by atoms with van der Waals surface area (Å²) in [6.07, 6.45) is 7.01. The lowest BCUT2D eigenvalue weighted by molar-refractivity contribution is 0.247. The van der Waals surface area contributed by atoms with Crippen LogP contribution in [0.15, 0.2) is 30.5 Å². The highest BCUT2D eigenvalue weighted by Gasteiger charge is 2.23. The third-order valence-corrected chi connectivity index (χ3v) is 4.04. The lowest BCUT2D eigenvalue weighted by atomic mass is 10.1. The standard InChI is InChI=1S/C16H19N3/c17-11-16(19-9-5-1-2-6-10-19)14-12-18-15-8-4-3-7-13(14)15/h3-4,7-8,12,16,18H,1-2,5-6,9-10H2. The van der Waals surface area contributed by atoms with Crippen LogP contribution in [0.3, 0.4) is 0 Å². The quantitative estimate of drug-likeness (QED) is 0.888. The fourth-order valence-electron chi connectivity index (χ4n) is 3.02. The van der Waals surface area contributed by atoms with Gasteiger partial charge in [0.2, 0.25) is 0 Å². The Balaban J connectivity index is 1.95. The van der Waals surface area contributed by atoms with Gasteiger partial charge in [0.1, 0.15) is 6.04 Å². The molecule has 0 amide bonds. The molecule has 0 aliphatic carbocycles. The number of H-pyrrole nitrogens is 1. The fourth-order valence-corrected chi connectivity index (χ4v) is 3.02. The van der Waals surface area contributed by atoms with Gasteiger partial charge < -0.3 is 4.98 Å². The second kappa shape index (κ2) is 5.46. The molecular weight excluding hydrogens is 234 g/mol. The van der Waals surface area contributed by atoms with Gasteiger partial charge in [0.25, 0.3) is 0 Å². The zero-order chi connectivity index (χ0) is 13.1. The molecule has 0 bridgehead atoms. The van der Waals surface area contributed by atoms with Crippen molar-refractivity contribution in [1.82, 2.24) is 9.88 Å². The first kappa shape index (κ1) is 12.3. The number of aromatic nitrogens is 1. The molecule has 3 nitrogen and oxygen atoms in total. The Morgan fingerprint density at radius 1 is 1.11 bits per heavy atom. The maximum absolute atomic E-state index is 9.60. The molecule has 0 saturated carbocycles. The number of nitrogens with one attached hydrogen (secondary N) is 1. The third-order valence-electron chi connectivity index (χ3n) is 4.04. The molecule has 98 valence electrons. The number of hydrogen-bond donors (Lipinski definition) is 1. The highest BCUT2D eigenvalue weighted by atomic mass is 15.2. The summed E-state index contributed by atoms with van der Waals surface area (Å²) in [6.45, 7) is 2.08. The van der Waals surface area contributed by atoms with Gasteiger partial charge in [0, 0.05) is 22.7 Å². The second-order valence-electron chi connectivity index (χ2n) is 5.27. The summed E-state index contributed by atoms with van der Waals surface area (Å²) in [6, 6.07) is 10.6. The lowest BCUT2D eigenvalue weighted by Crippen LogP contribution is -2.28.